The van der Waals surface area contributed by atoms with E-state index < -0.39 is 17.7 Å². The fraction of sp³-hybridized carbons (Fsp3) is 0.348. The number of carbonyl (C=O) groups is 3. The third-order valence-corrected chi connectivity index (χ3v) is 4.94. The second-order valence-corrected chi connectivity index (χ2v) is 7.68. The molecule has 0 spiro atoms. The van der Waals surface area contributed by atoms with E-state index in [9.17, 15) is 14.4 Å². The summed E-state index contributed by atoms with van der Waals surface area (Å²) in [6.07, 6.45) is -0.580. The van der Waals surface area contributed by atoms with Gasteiger partial charge < -0.3 is 24.4 Å². The van der Waals surface area contributed by atoms with Crippen LogP contribution in [0.1, 0.15) is 35.3 Å². The Morgan fingerprint density at radius 2 is 1.87 bits per heavy atom. The van der Waals surface area contributed by atoms with Crippen LogP contribution in [0, 0.1) is 6.92 Å². The monoisotopic (exact) mass is 426 g/mol. The van der Waals surface area contributed by atoms with Gasteiger partial charge in [-0.3, -0.25) is 4.79 Å². The van der Waals surface area contributed by atoms with Crippen molar-refractivity contribution in [3.8, 4) is 5.75 Å². The van der Waals surface area contributed by atoms with Gasteiger partial charge in [0.15, 0.2) is 5.60 Å². The number of aryl methyl sites for hydroxylation is 1. The van der Waals surface area contributed by atoms with Gasteiger partial charge in [-0.2, -0.15) is 0 Å². The predicted octanol–water partition coefficient (Wildman–Crippen LogP) is 3.21. The Balaban J connectivity index is 1.70. The number of amides is 2. The average Bonchev–Trinajstić information content (AvgIpc) is 2.74. The number of benzene rings is 2. The Hall–Kier alpha value is -3.55. The largest absolute Gasteiger partial charge is 0.476 e. The second kappa shape index (κ2) is 9.07. The van der Waals surface area contributed by atoms with Gasteiger partial charge in [-0.05, 0) is 44.0 Å². The molecule has 0 bridgehead atoms. The highest BCUT2D eigenvalue weighted by Gasteiger charge is 2.41. The van der Waals surface area contributed by atoms with Gasteiger partial charge in [-0.15, -0.1) is 0 Å². The van der Waals surface area contributed by atoms with E-state index >= 15 is 0 Å². The molecule has 0 atom stereocenters. The number of alkyl carbamates (subject to hydrolysis) is 1. The SMILES string of the molecule is COC(=O)c1cc2c(cc1C)OC(C)(C)C(=O)N2CCNC(=O)OCc1ccccc1. The Kier molecular flexibility index (Phi) is 6.48. The number of carbonyl (C=O) groups excluding carboxylic acids is 3. The van der Waals surface area contributed by atoms with Crippen molar-refractivity contribution in [1.29, 1.82) is 0 Å². The molecule has 2 aromatic rings. The van der Waals surface area contributed by atoms with Crippen molar-refractivity contribution in [3.05, 3.63) is 59.2 Å². The molecule has 2 amide bonds. The van der Waals surface area contributed by atoms with Crippen LogP contribution in [0.2, 0.25) is 0 Å². The van der Waals surface area contributed by atoms with Crippen LogP contribution >= 0.6 is 0 Å². The number of nitrogens with one attached hydrogen (secondary N) is 1. The second-order valence-electron chi connectivity index (χ2n) is 7.68. The van der Waals surface area contributed by atoms with Crippen molar-refractivity contribution in [1.82, 2.24) is 5.32 Å². The van der Waals surface area contributed by atoms with Gasteiger partial charge in [0.05, 0.1) is 18.4 Å². The van der Waals surface area contributed by atoms with Crippen LogP contribution in [0.15, 0.2) is 42.5 Å². The third kappa shape index (κ3) is 4.96. The van der Waals surface area contributed by atoms with Gasteiger partial charge in [0.2, 0.25) is 0 Å². The van der Waals surface area contributed by atoms with E-state index in [1.165, 1.54) is 12.0 Å². The zero-order chi connectivity index (χ0) is 22.6. The van der Waals surface area contributed by atoms with Crippen molar-refractivity contribution in [2.45, 2.75) is 33.0 Å². The summed E-state index contributed by atoms with van der Waals surface area (Å²) < 4.78 is 15.9. The van der Waals surface area contributed by atoms with E-state index in [1.54, 1.807) is 32.9 Å². The highest BCUT2D eigenvalue weighted by atomic mass is 16.5. The van der Waals surface area contributed by atoms with Crippen LogP contribution in [-0.2, 0) is 20.9 Å². The molecule has 31 heavy (non-hydrogen) atoms. The Morgan fingerprint density at radius 1 is 1.16 bits per heavy atom. The van der Waals surface area contributed by atoms with E-state index in [0.717, 1.165) is 5.56 Å². The predicted molar refractivity (Wildman–Crippen MR) is 114 cm³/mol. The lowest BCUT2D eigenvalue weighted by molar-refractivity contribution is -0.132. The molecule has 1 heterocycles. The zero-order valence-corrected chi connectivity index (χ0v) is 18.1. The van der Waals surface area contributed by atoms with Crippen molar-refractivity contribution < 1.29 is 28.6 Å². The maximum Gasteiger partial charge on any atom is 0.407 e. The standard InChI is InChI=1S/C23H26N2O6/c1-15-12-19-18(13-17(15)20(26)29-4)25(21(27)23(2,3)31-19)11-10-24-22(28)30-14-16-8-6-5-7-9-16/h5-9,12-13H,10-11,14H2,1-4H3,(H,24,28). The van der Waals surface area contributed by atoms with E-state index in [-0.39, 0.29) is 25.6 Å². The van der Waals surface area contributed by atoms with E-state index in [0.29, 0.717) is 22.6 Å². The van der Waals surface area contributed by atoms with Gasteiger partial charge in [0, 0.05) is 13.1 Å². The highest BCUT2D eigenvalue weighted by Crippen LogP contribution is 2.39. The number of rotatable bonds is 6. The quantitative estimate of drug-likeness (QED) is 0.713. The van der Waals surface area contributed by atoms with Crippen LogP contribution in [0.5, 0.6) is 5.75 Å². The molecule has 0 fully saturated rings. The minimum Gasteiger partial charge on any atom is -0.476 e. The van der Waals surface area contributed by atoms with Gasteiger partial charge in [-0.1, -0.05) is 30.3 Å². The van der Waals surface area contributed by atoms with Gasteiger partial charge in [0.1, 0.15) is 12.4 Å². The van der Waals surface area contributed by atoms with Crippen LogP contribution in [0.25, 0.3) is 0 Å². The summed E-state index contributed by atoms with van der Waals surface area (Å²) in [6, 6.07) is 12.6. The molecule has 0 radical (unpaired) electrons. The smallest absolute Gasteiger partial charge is 0.407 e. The molecule has 1 aliphatic rings. The number of esters is 1. The van der Waals surface area contributed by atoms with Crippen LogP contribution in [0.4, 0.5) is 10.5 Å². The first-order valence-corrected chi connectivity index (χ1v) is 9.91. The number of methoxy groups -OCH3 is 1. The molecule has 164 valence electrons. The molecule has 3 rings (SSSR count). The minimum atomic E-state index is -1.08. The molecule has 1 N–H and O–H groups in total. The first-order valence-electron chi connectivity index (χ1n) is 9.91. The van der Waals surface area contributed by atoms with E-state index in [1.807, 2.05) is 30.3 Å². The Labute approximate surface area is 181 Å². The van der Waals surface area contributed by atoms with Gasteiger partial charge >= 0.3 is 12.1 Å². The highest BCUT2D eigenvalue weighted by molar-refractivity contribution is 6.04. The first-order chi connectivity index (χ1) is 14.7. The molecule has 2 aromatic carbocycles. The maximum absolute atomic E-state index is 13.0. The number of hydrogen-bond acceptors (Lipinski definition) is 6. The number of hydrogen-bond donors (Lipinski definition) is 1. The summed E-state index contributed by atoms with van der Waals surface area (Å²) in [5, 5.41) is 2.65. The van der Waals surface area contributed by atoms with E-state index in [2.05, 4.69) is 5.32 Å². The normalized spacial score (nSPS) is 14.3. The maximum atomic E-state index is 13.0. The van der Waals surface area contributed by atoms with Gasteiger partial charge in [0.25, 0.3) is 5.91 Å². The molecule has 8 nitrogen and oxygen atoms in total. The number of fused-ring (bicyclic) bond motifs is 1. The molecule has 0 aliphatic carbocycles. The Morgan fingerprint density at radius 3 is 2.55 bits per heavy atom. The Bertz CT molecular complexity index is 987. The fourth-order valence-corrected chi connectivity index (χ4v) is 3.31. The molecular weight excluding hydrogens is 400 g/mol. The van der Waals surface area contributed by atoms with Gasteiger partial charge in [-0.25, -0.2) is 9.59 Å². The number of ether oxygens (including phenoxy) is 3. The molecule has 8 heteroatoms. The summed E-state index contributed by atoms with van der Waals surface area (Å²) in [5.74, 6) is -0.291. The van der Waals surface area contributed by atoms with Crippen molar-refractivity contribution in [2.75, 3.05) is 25.1 Å². The third-order valence-electron chi connectivity index (χ3n) is 4.94. The minimum absolute atomic E-state index is 0.154. The summed E-state index contributed by atoms with van der Waals surface area (Å²) >= 11 is 0. The number of anilines is 1. The van der Waals surface area contributed by atoms with Crippen LogP contribution < -0.4 is 15.0 Å². The molecule has 0 aromatic heterocycles. The molecule has 0 unspecified atom stereocenters. The molecular formula is C23H26N2O6. The summed E-state index contributed by atoms with van der Waals surface area (Å²) in [7, 11) is 1.30. The lowest BCUT2D eigenvalue weighted by Gasteiger charge is -2.39. The van der Waals surface area contributed by atoms with Crippen molar-refractivity contribution >= 4 is 23.7 Å². The number of nitrogens with zero attached hydrogens (tertiary/aromatic N) is 1. The first kappa shape index (κ1) is 22.1. The fourth-order valence-electron chi connectivity index (χ4n) is 3.31. The van der Waals surface area contributed by atoms with Crippen LogP contribution in [0.3, 0.4) is 0 Å². The van der Waals surface area contributed by atoms with Crippen molar-refractivity contribution in [2.24, 2.45) is 0 Å². The lowest BCUT2D eigenvalue weighted by Crippen LogP contribution is -2.54. The van der Waals surface area contributed by atoms with E-state index in [4.69, 9.17) is 14.2 Å². The summed E-state index contributed by atoms with van der Waals surface area (Å²) in [6.45, 7) is 5.63. The van der Waals surface area contributed by atoms with Crippen LogP contribution in [-0.4, -0.2) is 43.8 Å². The summed E-state index contributed by atoms with van der Waals surface area (Å²) in [4.78, 5) is 38.6. The van der Waals surface area contributed by atoms with Crippen molar-refractivity contribution in [3.63, 3.8) is 0 Å². The molecule has 0 saturated carbocycles. The topological polar surface area (TPSA) is 94.2 Å². The zero-order valence-electron chi connectivity index (χ0n) is 18.1. The summed E-state index contributed by atoms with van der Waals surface area (Å²) in [5.41, 5.74) is 1.27. The molecule has 1 aliphatic heterocycles. The molecule has 0 saturated heterocycles. The lowest BCUT2D eigenvalue weighted by atomic mass is 10.0. The average molecular weight is 426 g/mol.